The van der Waals surface area contributed by atoms with Gasteiger partial charge in [0.25, 0.3) is 0 Å². The average molecular weight is 453 g/mol. The van der Waals surface area contributed by atoms with E-state index in [2.05, 4.69) is 4.98 Å². The lowest BCUT2D eigenvalue weighted by Gasteiger charge is -2.27. The molecule has 1 aliphatic rings. The average Bonchev–Trinajstić information content (AvgIpc) is 3.19. The van der Waals surface area contributed by atoms with Crippen molar-refractivity contribution in [1.82, 2.24) is 9.88 Å². The summed E-state index contributed by atoms with van der Waals surface area (Å²) in [6.07, 6.45) is 1.60. The Morgan fingerprint density at radius 3 is 2.22 bits per heavy atom. The number of pyridine rings is 1. The van der Waals surface area contributed by atoms with E-state index < -0.39 is 0 Å². The second kappa shape index (κ2) is 9.82. The van der Waals surface area contributed by atoms with E-state index in [-0.39, 0.29) is 11.3 Å². The van der Waals surface area contributed by atoms with Gasteiger partial charge in [0.15, 0.2) is 0 Å². The zero-order valence-corrected chi connectivity index (χ0v) is 18.9. The van der Waals surface area contributed by atoms with Crippen LogP contribution in [0.25, 0.3) is 0 Å². The van der Waals surface area contributed by atoms with Gasteiger partial charge in [-0.05, 0) is 35.9 Å². The molecule has 2 heterocycles. The van der Waals surface area contributed by atoms with Crippen molar-refractivity contribution in [3.63, 3.8) is 0 Å². The van der Waals surface area contributed by atoms with Crippen LogP contribution in [0.2, 0.25) is 0 Å². The summed E-state index contributed by atoms with van der Waals surface area (Å²) in [5.41, 5.74) is 1.87. The predicted molar refractivity (Wildman–Crippen MR) is 123 cm³/mol. The number of rotatable bonds is 8. The number of carbonyl (C=O) groups is 1. The lowest BCUT2D eigenvalue weighted by atomic mass is 10.1. The molecule has 8 heteroatoms. The predicted octanol–water partition coefficient (Wildman–Crippen LogP) is 4.67. The smallest absolute Gasteiger partial charge is 0.234 e. The van der Waals surface area contributed by atoms with Crippen LogP contribution in [0.4, 0.5) is 0 Å². The van der Waals surface area contributed by atoms with Gasteiger partial charge >= 0.3 is 0 Å². The highest BCUT2D eigenvalue weighted by atomic mass is 32.2. The molecule has 1 fully saturated rings. The van der Waals surface area contributed by atoms with E-state index >= 15 is 0 Å². The fourth-order valence-electron chi connectivity index (χ4n) is 3.52. The van der Waals surface area contributed by atoms with Crippen molar-refractivity contribution in [2.75, 3.05) is 27.1 Å². The Morgan fingerprint density at radius 1 is 0.938 bits per heavy atom. The van der Waals surface area contributed by atoms with Gasteiger partial charge in [0.05, 0.1) is 38.8 Å². The number of benzene rings is 2. The largest absolute Gasteiger partial charge is 0.496 e. The van der Waals surface area contributed by atoms with Crippen molar-refractivity contribution in [2.45, 2.75) is 11.9 Å². The van der Waals surface area contributed by atoms with Gasteiger partial charge in [-0.15, -0.1) is 11.8 Å². The van der Waals surface area contributed by atoms with Crippen LogP contribution in [0.1, 0.15) is 16.5 Å². The third-order valence-corrected chi connectivity index (χ3v) is 6.34. The summed E-state index contributed by atoms with van der Waals surface area (Å²) in [7, 11) is 4.84. The van der Waals surface area contributed by atoms with Crippen LogP contribution in [0.3, 0.4) is 0 Å². The quantitative estimate of drug-likeness (QED) is 0.492. The summed E-state index contributed by atoms with van der Waals surface area (Å²) in [6.45, 7) is 0.471. The first-order valence-electron chi connectivity index (χ1n) is 10.0. The number of nitrogens with zero attached hydrogens (tertiary/aromatic N) is 2. The molecule has 4 rings (SSSR count). The summed E-state index contributed by atoms with van der Waals surface area (Å²) in [5.74, 6) is 3.72. The first-order valence-corrected chi connectivity index (χ1v) is 11.1. The minimum atomic E-state index is -0.187. The Balaban J connectivity index is 1.51. The molecule has 1 unspecified atom stereocenters. The molecule has 2 aromatic carbocycles. The number of aromatic nitrogens is 1. The van der Waals surface area contributed by atoms with Crippen molar-refractivity contribution in [3.05, 3.63) is 71.9 Å². The third kappa shape index (κ3) is 4.60. The summed E-state index contributed by atoms with van der Waals surface area (Å²) in [6, 6.07) is 16.8. The van der Waals surface area contributed by atoms with Crippen molar-refractivity contribution < 1.29 is 23.7 Å². The van der Waals surface area contributed by atoms with Crippen molar-refractivity contribution in [2.24, 2.45) is 0 Å². The molecule has 1 aromatic heterocycles. The van der Waals surface area contributed by atoms with Gasteiger partial charge in [0.2, 0.25) is 11.8 Å². The number of hydrogen-bond acceptors (Lipinski definition) is 7. The Hall–Kier alpha value is -3.39. The van der Waals surface area contributed by atoms with Crippen molar-refractivity contribution in [3.8, 4) is 28.9 Å². The van der Waals surface area contributed by atoms with E-state index in [0.29, 0.717) is 41.2 Å². The molecule has 166 valence electrons. The molecule has 0 saturated carbocycles. The molecular formula is C24H24N2O5S. The van der Waals surface area contributed by atoms with E-state index in [1.165, 1.54) is 0 Å². The van der Waals surface area contributed by atoms with Gasteiger partial charge in [0.1, 0.15) is 28.4 Å². The SMILES string of the molecule is COc1ccc(Oc2ccc(CN3C(=O)CSC3c3c(OC)cccc3OC)cc2)nc1. The topological polar surface area (TPSA) is 70.1 Å². The van der Waals surface area contributed by atoms with Crippen LogP contribution in [0.5, 0.6) is 28.9 Å². The van der Waals surface area contributed by atoms with E-state index in [9.17, 15) is 4.79 Å². The second-order valence-electron chi connectivity index (χ2n) is 7.04. The molecule has 1 aliphatic heterocycles. The highest BCUT2D eigenvalue weighted by Crippen LogP contribution is 2.47. The molecule has 0 N–H and O–H groups in total. The zero-order valence-electron chi connectivity index (χ0n) is 18.1. The van der Waals surface area contributed by atoms with Gasteiger partial charge in [-0.25, -0.2) is 4.98 Å². The highest BCUT2D eigenvalue weighted by molar-refractivity contribution is 8.00. The molecule has 0 aliphatic carbocycles. The minimum absolute atomic E-state index is 0.0794. The molecule has 32 heavy (non-hydrogen) atoms. The molecular weight excluding hydrogens is 428 g/mol. The lowest BCUT2D eigenvalue weighted by Crippen LogP contribution is -2.28. The molecule has 0 bridgehead atoms. The first-order chi connectivity index (χ1) is 15.6. The van der Waals surface area contributed by atoms with Crippen LogP contribution in [0.15, 0.2) is 60.8 Å². The van der Waals surface area contributed by atoms with Crippen LogP contribution >= 0.6 is 11.8 Å². The summed E-state index contributed by atoms with van der Waals surface area (Å²) >= 11 is 1.57. The highest BCUT2D eigenvalue weighted by Gasteiger charge is 2.36. The van der Waals surface area contributed by atoms with Gasteiger partial charge < -0.3 is 23.8 Å². The monoisotopic (exact) mass is 452 g/mol. The Kier molecular flexibility index (Phi) is 6.70. The minimum Gasteiger partial charge on any atom is -0.496 e. The maximum absolute atomic E-state index is 12.7. The van der Waals surface area contributed by atoms with E-state index in [0.717, 1.165) is 11.1 Å². The van der Waals surface area contributed by atoms with Gasteiger partial charge in [0, 0.05) is 12.6 Å². The molecule has 1 amide bonds. The Bertz CT molecular complexity index is 1050. The number of hydrogen-bond donors (Lipinski definition) is 0. The first kappa shape index (κ1) is 21.8. The molecule has 3 aromatic rings. The third-order valence-electron chi connectivity index (χ3n) is 5.12. The van der Waals surface area contributed by atoms with Crippen molar-refractivity contribution in [1.29, 1.82) is 0 Å². The number of methoxy groups -OCH3 is 3. The van der Waals surface area contributed by atoms with E-state index in [4.69, 9.17) is 18.9 Å². The number of amides is 1. The van der Waals surface area contributed by atoms with Gasteiger partial charge in [-0.3, -0.25) is 4.79 Å². The van der Waals surface area contributed by atoms with Crippen LogP contribution in [-0.2, 0) is 11.3 Å². The molecule has 0 radical (unpaired) electrons. The molecule has 1 saturated heterocycles. The van der Waals surface area contributed by atoms with Crippen LogP contribution in [-0.4, -0.2) is 42.9 Å². The maximum atomic E-state index is 12.7. The number of thioether (sulfide) groups is 1. The standard InChI is InChI=1S/C24H24N2O5S/c1-28-18-11-12-21(25-13-18)31-17-9-7-16(8-10-17)14-26-22(27)15-32-24(26)23-19(29-2)5-4-6-20(23)30-3/h4-13,24H,14-15H2,1-3H3. The lowest BCUT2D eigenvalue weighted by molar-refractivity contribution is -0.128. The summed E-state index contributed by atoms with van der Waals surface area (Å²) in [4.78, 5) is 18.8. The second-order valence-corrected chi connectivity index (χ2v) is 8.11. The number of ether oxygens (including phenoxy) is 4. The fourth-order valence-corrected chi connectivity index (χ4v) is 4.75. The fraction of sp³-hybridized carbons (Fsp3) is 0.250. The summed E-state index contributed by atoms with van der Waals surface area (Å²) in [5, 5.41) is -0.187. The van der Waals surface area contributed by atoms with Crippen LogP contribution in [0, 0.1) is 0 Å². The van der Waals surface area contributed by atoms with Crippen molar-refractivity contribution >= 4 is 17.7 Å². The normalized spacial score (nSPS) is 15.5. The van der Waals surface area contributed by atoms with Gasteiger partial charge in [-0.1, -0.05) is 18.2 Å². The van der Waals surface area contributed by atoms with E-state index in [1.807, 2.05) is 47.4 Å². The molecule has 1 atom stereocenters. The molecule has 7 nitrogen and oxygen atoms in total. The number of carbonyl (C=O) groups excluding carboxylic acids is 1. The maximum Gasteiger partial charge on any atom is 0.234 e. The summed E-state index contributed by atoms with van der Waals surface area (Å²) < 4.78 is 22.0. The van der Waals surface area contributed by atoms with E-state index in [1.54, 1.807) is 51.4 Å². The molecule has 0 spiro atoms. The zero-order chi connectivity index (χ0) is 22.5. The Morgan fingerprint density at radius 2 is 1.62 bits per heavy atom. The van der Waals surface area contributed by atoms with Gasteiger partial charge in [-0.2, -0.15) is 0 Å². The Labute approximate surface area is 191 Å². The van der Waals surface area contributed by atoms with Crippen LogP contribution < -0.4 is 18.9 Å².